The number of nitrogens with one attached hydrogen (secondary N) is 1. The maximum absolute atomic E-state index is 12.9. The third-order valence-corrected chi connectivity index (χ3v) is 4.69. The number of fused-ring (bicyclic) bond motifs is 1. The second kappa shape index (κ2) is 6.86. The third kappa shape index (κ3) is 2.75. The monoisotopic (exact) mass is 355 g/mol. The Balaban J connectivity index is 2.42. The van der Waals surface area contributed by atoms with Crippen LogP contribution in [0.3, 0.4) is 0 Å². The van der Waals surface area contributed by atoms with E-state index in [2.05, 4.69) is 4.98 Å². The lowest BCUT2D eigenvalue weighted by atomic mass is 10.0. The number of ether oxygens (including phenoxy) is 1. The number of rotatable bonds is 5. The average molecular weight is 355 g/mol. The molecule has 0 unspecified atom stereocenters. The SMILES string of the molecule is CCc1[nH]c2ccccc2c1-c1c(OC)[n+]([O-])c(CC(C)C)c(=O)n1C. The van der Waals surface area contributed by atoms with Crippen LogP contribution >= 0.6 is 0 Å². The van der Waals surface area contributed by atoms with E-state index in [9.17, 15) is 10.0 Å². The highest BCUT2D eigenvalue weighted by molar-refractivity contribution is 5.97. The molecule has 26 heavy (non-hydrogen) atoms. The highest BCUT2D eigenvalue weighted by Gasteiger charge is 2.30. The zero-order valence-electron chi connectivity index (χ0n) is 15.9. The molecule has 0 saturated carbocycles. The molecule has 1 N–H and O–H groups in total. The molecule has 138 valence electrons. The van der Waals surface area contributed by atoms with Gasteiger partial charge in [-0.25, -0.2) is 0 Å². The smallest absolute Gasteiger partial charge is 0.404 e. The Labute approximate surface area is 152 Å². The Morgan fingerprint density at radius 3 is 2.62 bits per heavy atom. The molecule has 0 saturated heterocycles. The summed E-state index contributed by atoms with van der Waals surface area (Å²) in [6.45, 7) is 6.00. The predicted octanol–water partition coefficient (Wildman–Crippen LogP) is 2.94. The third-order valence-electron chi connectivity index (χ3n) is 4.69. The van der Waals surface area contributed by atoms with Gasteiger partial charge in [0.2, 0.25) is 0 Å². The van der Waals surface area contributed by atoms with Crippen molar-refractivity contribution >= 4 is 10.9 Å². The molecule has 0 atom stereocenters. The lowest BCUT2D eigenvalue weighted by Gasteiger charge is -2.16. The highest BCUT2D eigenvalue weighted by Crippen LogP contribution is 2.36. The average Bonchev–Trinajstić information content (AvgIpc) is 2.99. The first-order chi connectivity index (χ1) is 12.4. The van der Waals surface area contributed by atoms with Gasteiger partial charge in [0.1, 0.15) is 0 Å². The topological polar surface area (TPSA) is 74.0 Å². The van der Waals surface area contributed by atoms with E-state index in [0.29, 0.717) is 16.8 Å². The minimum Gasteiger partial charge on any atom is -0.616 e. The molecular weight excluding hydrogens is 330 g/mol. The standard InChI is InChI=1S/C20H25N3O3/c1-6-14-17(13-9-7-8-10-15(13)21-14)18-20(26-5)23(25)16(11-12(2)3)19(24)22(18)4/h7-10,12,21H,6,11H2,1-5H3. The summed E-state index contributed by atoms with van der Waals surface area (Å²) in [6.07, 6.45) is 1.15. The van der Waals surface area contributed by atoms with Gasteiger partial charge in [-0.15, -0.1) is 4.73 Å². The van der Waals surface area contributed by atoms with Crippen molar-refractivity contribution in [2.45, 2.75) is 33.6 Å². The van der Waals surface area contributed by atoms with E-state index in [1.54, 1.807) is 11.6 Å². The molecule has 0 fully saturated rings. The number of hydrogen-bond donors (Lipinski definition) is 1. The minimum absolute atomic E-state index is 0.155. The van der Waals surface area contributed by atoms with Crippen molar-refractivity contribution in [2.75, 3.05) is 7.11 Å². The number of para-hydroxylation sites is 1. The summed E-state index contributed by atoms with van der Waals surface area (Å²) in [7, 11) is 3.17. The Kier molecular flexibility index (Phi) is 4.76. The van der Waals surface area contributed by atoms with Gasteiger partial charge in [-0.1, -0.05) is 39.0 Å². The minimum atomic E-state index is -0.281. The van der Waals surface area contributed by atoms with Crippen molar-refractivity contribution < 1.29 is 9.47 Å². The fourth-order valence-corrected chi connectivity index (χ4v) is 3.49. The Bertz CT molecular complexity index is 1020. The van der Waals surface area contributed by atoms with Crippen LogP contribution in [0.15, 0.2) is 29.1 Å². The molecule has 0 aliphatic carbocycles. The van der Waals surface area contributed by atoms with Gasteiger partial charge < -0.3 is 14.9 Å². The van der Waals surface area contributed by atoms with Gasteiger partial charge in [0.05, 0.1) is 7.11 Å². The summed E-state index contributed by atoms with van der Waals surface area (Å²) in [5, 5.41) is 13.9. The summed E-state index contributed by atoms with van der Waals surface area (Å²) in [6, 6.07) is 7.88. The molecule has 0 amide bonds. The first kappa shape index (κ1) is 18.0. The van der Waals surface area contributed by atoms with Gasteiger partial charge in [-0.05, 0) is 18.4 Å². The fourth-order valence-electron chi connectivity index (χ4n) is 3.49. The van der Waals surface area contributed by atoms with Gasteiger partial charge in [0.25, 0.3) is 5.69 Å². The molecule has 3 aromatic rings. The van der Waals surface area contributed by atoms with Crippen LogP contribution in [0, 0.1) is 11.1 Å². The van der Waals surface area contributed by atoms with Gasteiger partial charge >= 0.3 is 11.4 Å². The Morgan fingerprint density at radius 1 is 1.31 bits per heavy atom. The van der Waals surface area contributed by atoms with Gasteiger partial charge in [0.15, 0.2) is 5.69 Å². The second-order valence-corrected chi connectivity index (χ2v) is 6.94. The largest absolute Gasteiger partial charge is 0.616 e. The van der Waals surface area contributed by atoms with E-state index in [-0.39, 0.29) is 23.1 Å². The van der Waals surface area contributed by atoms with E-state index < -0.39 is 0 Å². The molecule has 0 bridgehead atoms. The lowest BCUT2D eigenvalue weighted by Crippen LogP contribution is -2.45. The molecule has 0 aliphatic heterocycles. The van der Waals surface area contributed by atoms with Crippen LogP contribution in [0.1, 0.15) is 32.2 Å². The zero-order chi connectivity index (χ0) is 19.0. The highest BCUT2D eigenvalue weighted by atomic mass is 16.5. The van der Waals surface area contributed by atoms with Gasteiger partial charge in [0, 0.05) is 35.6 Å². The maximum Gasteiger partial charge on any atom is 0.404 e. The number of aromatic amines is 1. The van der Waals surface area contributed by atoms with Gasteiger partial charge in [-0.2, -0.15) is 0 Å². The fraction of sp³-hybridized carbons (Fsp3) is 0.400. The lowest BCUT2D eigenvalue weighted by molar-refractivity contribution is -0.622. The number of methoxy groups -OCH3 is 1. The summed E-state index contributed by atoms with van der Waals surface area (Å²) in [5.41, 5.74) is 3.22. The second-order valence-electron chi connectivity index (χ2n) is 6.94. The van der Waals surface area contributed by atoms with E-state index in [1.807, 2.05) is 45.0 Å². The quantitative estimate of drug-likeness (QED) is 0.565. The van der Waals surface area contributed by atoms with E-state index in [4.69, 9.17) is 4.74 Å². The van der Waals surface area contributed by atoms with Crippen LogP contribution in [-0.4, -0.2) is 16.7 Å². The van der Waals surface area contributed by atoms with Crippen LogP contribution in [0.2, 0.25) is 0 Å². The molecular formula is C20H25N3O3. The van der Waals surface area contributed by atoms with Crippen molar-refractivity contribution in [2.24, 2.45) is 13.0 Å². The number of aryl methyl sites for hydroxylation is 1. The number of hydrogen-bond acceptors (Lipinski definition) is 3. The van der Waals surface area contributed by atoms with E-state index in [1.165, 1.54) is 7.11 Å². The zero-order valence-corrected chi connectivity index (χ0v) is 15.9. The van der Waals surface area contributed by atoms with Crippen LogP contribution in [0.4, 0.5) is 0 Å². The van der Waals surface area contributed by atoms with Crippen molar-refractivity contribution in [3.8, 4) is 17.1 Å². The van der Waals surface area contributed by atoms with Crippen molar-refractivity contribution in [1.29, 1.82) is 0 Å². The van der Waals surface area contributed by atoms with Gasteiger partial charge in [-0.3, -0.25) is 9.36 Å². The number of benzene rings is 1. The Hall–Kier alpha value is -2.76. The van der Waals surface area contributed by atoms with E-state index >= 15 is 0 Å². The molecule has 1 aromatic carbocycles. The van der Waals surface area contributed by atoms with Crippen LogP contribution in [0.5, 0.6) is 5.88 Å². The molecule has 2 heterocycles. The number of nitrogens with zero attached hydrogens (tertiary/aromatic N) is 2. The molecule has 0 aliphatic rings. The summed E-state index contributed by atoms with van der Waals surface area (Å²) in [4.78, 5) is 16.3. The van der Waals surface area contributed by atoms with Crippen LogP contribution in [-0.2, 0) is 19.9 Å². The normalized spacial score (nSPS) is 11.5. The molecule has 6 nitrogen and oxygen atoms in total. The van der Waals surface area contributed by atoms with E-state index in [0.717, 1.165) is 28.6 Å². The molecule has 0 radical (unpaired) electrons. The van der Waals surface area contributed by atoms with Crippen molar-refractivity contribution in [1.82, 2.24) is 9.55 Å². The van der Waals surface area contributed by atoms with Crippen LogP contribution in [0.25, 0.3) is 22.2 Å². The van der Waals surface area contributed by atoms with Crippen molar-refractivity contribution in [3.05, 3.63) is 51.2 Å². The summed E-state index contributed by atoms with van der Waals surface area (Å²) >= 11 is 0. The molecule has 0 spiro atoms. The maximum atomic E-state index is 12.9. The molecule has 2 aromatic heterocycles. The first-order valence-corrected chi connectivity index (χ1v) is 8.90. The Morgan fingerprint density at radius 2 is 2.00 bits per heavy atom. The predicted molar refractivity (Wildman–Crippen MR) is 102 cm³/mol. The first-order valence-electron chi connectivity index (χ1n) is 8.90. The number of H-pyrrole nitrogens is 1. The van der Waals surface area contributed by atoms with Crippen LogP contribution < -0.4 is 15.0 Å². The summed E-state index contributed by atoms with van der Waals surface area (Å²) < 4.78 is 7.69. The molecule has 6 heteroatoms. The van der Waals surface area contributed by atoms with Crippen molar-refractivity contribution in [3.63, 3.8) is 0 Å². The number of aromatic nitrogens is 3. The summed E-state index contributed by atoms with van der Waals surface area (Å²) in [5.74, 6) is 0.347. The molecule has 3 rings (SSSR count).